The molecule has 0 radical (unpaired) electrons. The van der Waals surface area contributed by atoms with Gasteiger partial charge in [0.05, 0.1) is 13.2 Å². The van der Waals surface area contributed by atoms with Gasteiger partial charge in [-0.2, -0.15) is 0 Å². The van der Waals surface area contributed by atoms with Crippen LogP contribution in [0.15, 0.2) is 0 Å². The average molecular weight is 342 g/mol. The fraction of sp³-hybridized carbons (Fsp3) is 1.00. The summed E-state index contributed by atoms with van der Waals surface area (Å²) in [6, 6.07) is 0. The summed E-state index contributed by atoms with van der Waals surface area (Å²) in [5.74, 6) is 0. The van der Waals surface area contributed by atoms with Crippen molar-refractivity contribution in [3.05, 3.63) is 0 Å². The second-order valence-corrected chi connectivity index (χ2v) is 5.53. The Kier molecular flexibility index (Phi) is 6.27. The standard InChI is InChI=1S/C12H22O11/c13-1-3-6(16)8(18)10(11(20)21-3)23-12-9(19)7(17)5(15)4(2-14)22-12/h3-20H,1-2H2/t3-,4-,5-,6+,7+,8+,9-,10-,11?,12-/m0/s1. The van der Waals surface area contributed by atoms with Crippen molar-refractivity contribution in [2.45, 2.75) is 61.4 Å². The molecule has 2 rings (SSSR count). The Balaban J connectivity index is 2.08. The lowest BCUT2D eigenvalue weighted by Gasteiger charge is -2.44. The summed E-state index contributed by atoms with van der Waals surface area (Å²) in [4.78, 5) is 0. The molecule has 23 heavy (non-hydrogen) atoms. The van der Waals surface area contributed by atoms with Crippen molar-refractivity contribution in [1.29, 1.82) is 0 Å². The Morgan fingerprint density at radius 1 is 0.652 bits per heavy atom. The van der Waals surface area contributed by atoms with E-state index in [9.17, 15) is 30.6 Å². The summed E-state index contributed by atoms with van der Waals surface area (Å²) in [5, 5.41) is 76.7. The predicted molar refractivity (Wildman–Crippen MR) is 68.6 cm³/mol. The molecular weight excluding hydrogens is 320 g/mol. The third-order valence-corrected chi connectivity index (χ3v) is 3.98. The van der Waals surface area contributed by atoms with E-state index < -0.39 is 74.6 Å². The number of ether oxygens (including phenoxy) is 3. The molecule has 1 unspecified atom stereocenters. The Hall–Kier alpha value is -0.440. The lowest BCUT2D eigenvalue weighted by molar-refractivity contribution is -0.361. The van der Waals surface area contributed by atoms with Gasteiger partial charge < -0.3 is 55.1 Å². The lowest BCUT2D eigenvalue weighted by atomic mass is 9.97. The van der Waals surface area contributed by atoms with Crippen molar-refractivity contribution in [1.82, 2.24) is 0 Å². The molecule has 0 amide bonds. The molecule has 2 heterocycles. The normalized spacial score (nSPS) is 51.7. The van der Waals surface area contributed by atoms with Crippen LogP contribution in [-0.2, 0) is 14.2 Å². The number of rotatable bonds is 4. The van der Waals surface area contributed by atoms with Gasteiger partial charge in [-0.05, 0) is 0 Å². The van der Waals surface area contributed by atoms with Gasteiger partial charge in [0, 0.05) is 0 Å². The minimum Gasteiger partial charge on any atom is -0.394 e. The molecule has 8 N–H and O–H groups in total. The SMILES string of the molecule is OC[C@@H]1O[C@@H](O[C@@H]2C(O)O[C@@H](CO)[C@@H](O)[C@H]2O)[C@@H](O)[C@H](O)[C@H]1O. The van der Waals surface area contributed by atoms with Crippen molar-refractivity contribution in [2.24, 2.45) is 0 Å². The highest BCUT2D eigenvalue weighted by Crippen LogP contribution is 2.28. The lowest BCUT2D eigenvalue weighted by Crippen LogP contribution is -2.64. The van der Waals surface area contributed by atoms with Crippen LogP contribution in [0.25, 0.3) is 0 Å². The van der Waals surface area contributed by atoms with Gasteiger partial charge in [-0.1, -0.05) is 0 Å². The summed E-state index contributed by atoms with van der Waals surface area (Å²) in [6.45, 7) is -1.33. The number of hydrogen-bond acceptors (Lipinski definition) is 11. The van der Waals surface area contributed by atoms with Gasteiger partial charge in [0.2, 0.25) is 0 Å². The minimum absolute atomic E-state index is 0.651. The van der Waals surface area contributed by atoms with Gasteiger partial charge in [-0.25, -0.2) is 0 Å². The quantitative estimate of drug-likeness (QED) is 0.243. The topological polar surface area (TPSA) is 190 Å². The maximum absolute atomic E-state index is 9.94. The first-order chi connectivity index (χ1) is 10.8. The molecule has 0 spiro atoms. The fourth-order valence-corrected chi connectivity index (χ4v) is 2.55. The molecule has 10 atom stereocenters. The van der Waals surface area contributed by atoms with E-state index in [1.807, 2.05) is 0 Å². The Bertz CT molecular complexity index is 380. The van der Waals surface area contributed by atoms with Crippen LogP contribution in [0.4, 0.5) is 0 Å². The first kappa shape index (κ1) is 18.9. The molecule has 2 aliphatic heterocycles. The molecule has 136 valence electrons. The largest absolute Gasteiger partial charge is 0.394 e. The van der Waals surface area contributed by atoms with Crippen LogP contribution < -0.4 is 0 Å². The Morgan fingerprint density at radius 2 is 1.17 bits per heavy atom. The van der Waals surface area contributed by atoms with E-state index >= 15 is 0 Å². The summed E-state index contributed by atoms with van der Waals surface area (Å²) in [5.41, 5.74) is 0. The summed E-state index contributed by atoms with van der Waals surface area (Å²) in [7, 11) is 0. The molecule has 0 aromatic rings. The maximum Gasteiger partial charge on any atom is 0.187 e. The predicted octanol–water partition coefficient (Wildman–Crippen LogP) is -5.40. The summed E-state index contributed by atoms with van der Waals surface area (Å²) >= 11 is 0. The first-order valence-electron chi connectivity index (χ1n) is 7.08. The van der Waals surface area contributed by atoms with E-state index in [2.05, 4.69) is 0 Å². The fourth-order valence-electron chi connectivity index (χ4n) is 2.55. The van der Waals surface area contributed by atoms with Gasteiger partial charge in [0.25, 0.3) is 0 Å². The molecular formula is C12H22O11. The summed E-state index contributed by atoms with van der Waals surface area (Å²) < 4.78 is 15.1. The van der Waals surface area contributed by atoms with E-state index in [4.69, 9.17) is 24.4 Å². The van der Waals surface area contributed by atoms with E-state index in [0.717, 1.165) is 0 Å². The smallest absolute Gasteiger partial charge is 0.187 e. The van der Waals surface area contributed by atoms with Crippen molar-refractivity contribution in [2.75, 3.05) is 13.2 Å². The number of aliphatic hydroxyl groups is 8. The van der Waals surface area contributed by atoms with Gasteiger partial charge in [-0.3, -0.25) is 0 Å². The average Bonchev–Trinajstić information content (AvgIpc) is 2.54. The highest BCUT2D eigenvalue weighted by molar-refractivity contribution is 4.93. The zero-order chi connectivity index (χ0) is 17.3. The molecule has 2 saturated heterocycles. The minimum atomic E-state index is -1.75. The molecule has 0 aliphatic carbocycles. The molecule has 2 fully saturated rings. The van der Waals surface area contributed by atoms with Crippen molar-refractivity contribution in [3.63, 3.8) is 0 Å². The number of hydrogen-bond donors (Lipinski definition) is 8. The maximum atomic E-state index is 9.94. The second kappa shape index (κ2) is 7.63. The Labute approximate surface area is 130 Å². The van der Waals surface area contributed by atoms with Crippen LogP contribution in [0.3, 0.4) is 0 Å². The monoisotopic (exact) mass is 342 g/mol. The number of aliphatic hydroxyl groups excluding tert-OH is 8. The van der Waals surface area contributed by atoms with Crippen LogP contribution in [0, 0.1) is 0 Å². The van der Waals surface area contributed by atoms with E-state index in [-0.39, 0.29) is 0 Å². The van der Waals surface area contributed by atoms with Crippen molar-refractivity contribution >= 4 is 0 Å². The van der Waals surface area contributed by atoms with Gasteiger partial charge in [-0.15, -0.1) is 0 Å². The Morgan fingerprint density at radius 3 is 1.74 bits per heavy atom. The van der Waals surface area contributed by atoms with Gasteiger partial charge in [0.1, 0.15) is 48.8 Å². The van der Waals surface area contributed by atoms with Gasteiger partial charge >= 0.3 is 0 Å². The first-order valence-corrected chi connectivity index (χ1v) is 7.08. The molecule has 0 aromatic heterocycles. The van der Waals surface area contributed by atoms with Crippen molar-refractivity contribution < 1.29 is 55.1 Å². The third kappa shape index (κ3) is 3.65. The zero-order valence-corrected chi connectivity index (χ0v) is 12.0. The third-order valence-electron chi connectivity index (χ3n) is 3.98. The van der Waals surface area contributed by atoms with Crippen molar-refractivity contribution in [3.8, 4) is 0 Å². The molecule has 11 nitrogen and oxygen atoms in total. The molecule has 0 aromatic carbocycles. The summed E-state index contributed by atoms with van der Waals surface area (Å²) in [6.07, 6.45) is -15.6. The zero-order valence-electron chi connectivity index (χ0n) is 12.0. The molecule has 0 saturated carbocycles. The van der Waals surface area contributed by atoms with E-state index in [1.54, 1.807) is 0 Å². The van der Waals surface area contributed by atoms with Crippen LogP contribution in [0.1, 0.15) is 0 Å². The molecule has 11 heteroatoms. The highest BCUT2D eigenvalue weighted by atomic mass is 16.7. The molecule has 0 bridgehead atoms. The highest BCUT2D eigenvalue weighted by Gasteiger charge is 2.50. The van der Waals surface area contributed by atoms with Crippen LogP contribution in [0.5, 0.6) is 0 Å². The van der Waals surface area contributed by atoms with Crippen LogP contribution >= 0.6 is 0 Å². The van der Waals surface area contributed by atoms with Crippen LogP contribution in [0.2, 0.25) is 0 Å². The van der Waals surface area contributed by atoms with Crippen LogP contribution in [-0.4, -0.2) is 115 Å². The molecule has 2 aliphatic rings. The van der Waals surface area contributed by atoms with E-state index in [0.29, 0.717) is 0 Å². The van der Waals surface area contributed by atoms with Gasteiger partial charge in [0.15, 0.2) is 12.6 Å². The van der Waals surface area contributed by atoms with E-state index in [1.165, 1.54) is 0 Å². The second-order valence-electron chi connectivity index (χ2n) is 5.53.